The smallest absolute Gasteiger partial charge is 0.0991 e. The van der Waals surface area contributed by atoms with Gasteiger partial charge in [-0.3, -0.25) is 0 Å². The molecule has 6 aromatic carbocycles. The highest BCUT2D eigenvalue weighted by Gasteiger charge is 2.21. The van der Waals surface area contributed by atoms with Gasteiger partial charge in [-0.2, -0.15) is 15.8 Å². The summed E-state index contributed by atoms with van der Waals surface area (Å²) < 4.78 is 6.87. The molecule has 206 valence electrons. The first-order chi connectivity index (χ1) is 22.2. The number of fused-ring (bicyclic) bond motifs is 10. The first kappa shape index (κ1) is 24.8. The molecule has 0 saturated heterocycles. The first-order valence-corrected chi connectivity index (χ1v) is 14.5. The van der Waals surface area contributed by atoms with Crippen LogP contribution in [0.3, 0.4) is 0 Å². The molecule has 6 heteroatoms. The van der Waals surface area contributed by atoms with Crippen LogP contribution in [0.25, 0.3) is 71.4 Å². The molecular weight excluding hydrogens is 552 g/mol. The molecule has 0 fully saturated rings. The Hall–Kier alpha value is -6.81. The van der Waals surface area contributed by atoms with Crippen molar-refractivity contribution in [2.24, 2.45) is 0 Å². The molecule has 3 heterocycles. The Labute approximate surface area is 256 Å². The number of nitrogens with zero attached hydrogens (tertiary/aromatic N) is 6. The number of hydrogen-bond acceptors (Lipinski definition) is 3. The van der Waals surface area contributed by atoms with Gasteiger partial charge in [0.05, 0.1) is 79.0 Å². The fourth-order valence-electron chi connectivity index (χ4n) is 7.02. The van der Waals surface area contributed by atoms with Crippen LogP contribution in [0.4, 0.5) is 0 Å². The van der Waals surface area contributed by atoms with Crippen LogP contribution in [0, 0.1) is 34.0 Å². The largest absolute Gasteiger partial charge is 0.306 e. The van der Waals surface area contributed by atoms with Crippen LogP contribution in [0.1, 0.15) is 16.7 Å². The summed E-state index contributed by atoms with van der Waals surface area (Å²) in [6.07, 6.45) is 0. The van der Waals surface area contributed by atoms with Crippen LogP contribution in [0.15, 0.2) is 121 Å². The molecule has 0 atom stereocenters. The van der Waals surface area contributed by atoms with Gasteiger partial charge in [0.15, 0.2) is 0 Å². The average Bonchev–Trinajstić information content (AvgIpc) is 3.61. The number of hydrogen-bond donors (Lipinski definition) is 0. The minimum absolute atomic E-state index is 0.592. The molecule has 0 aliphatic rings. The van der Waals surface area contributed by atoms with Crippen LogP contribution in [-0.2, 0) is 0 Å². The van der Waals surface area contributed by atoms with E-state index in [1.165, 1.54) is 0 Å². The molecule has 0 unspecified atom stereocenters. The fourth-order valence-corrected chi connectivity index (χ4v) is 7.02. The van der Waals surface area contributed by atoms with Gasteiger partial charge in [0.1, 0.15) is 0 Å². The van der Waals surface area contributed by atoms with E-state index in [0.717, 1.165) is 71.4 Å². The first-order valence-electron chi connectivity index (χ1n) is 14.5. The minimum Gasteiger partial charge on any atom is -0.306 e. The maximum Gasteiger partial charge on any atom is 0.0991 e. The normalized spacial score (nSPS) is 11.5. The lowest BCUT2D eigenvalue weighted by atomic mass is 10.1. The van der Waals surface area contributed by atoms with Gasteiger partial charge in [-0.15, -0.1) is 0 Å². The SMILES string of the molecule is N#Cc1ccc(-n2c3ccccc3n3c4ccc(C#N)cc4c4ccc5c6cc(C#N)ccc6n(c6ccccc62)c5c43)cc1. The number of para-hydroxylation sites is 4. The molecule has 0 spiro atoms. The highest BCUT2D eigenvalue weighted by atomic mass is 15.0. The van der Waals surface area contributed by atoms with E-state index in [-0.39, 0.29) is 0 Å². The fraction of sp³-hybridized carbons (Fsp3) is 0. The van der Waals surface area contributed by atoms with Crippen molar-refractivity contribution in [3.8, 4) is 23.9 Å². The number of rotatable bonds is 1. The number of nitriles is 3. The van der Waals surface area contributed by atoms with Crippen molar-refractivity contribution in [3.05, 3.63) is 138 Å². The molecule has 0 saturated carbocycles. The second kappa shape index (κ2) is 9.09. The second-order valence-corrected chi connectivity index (χ2v) is 11.2. The van der Waals surface area contributed by atoms with E-state index in [2.05, 4.69) is 80.1 Å². The van der Waals surface area contributed by atoms with Crippen molar-refractivity contribution in [1.82, 2.24) is 13.4 Å². The van der Waals surface area contributed by atoms with E-state index in [9.17, 15) is 15.8 Å². The van der Waals surface area contributed by atoms with E-state index in [0.29, 0.717) is 16.7 Å². The lowest BCUT2D eigenvalue weighted by molar-refractivity contribution is 1.15. The van der Waals surface area contributed by atoms with Crippen molar-refractivity contribution in [2.75, 3.05) is 0 Å². The molecule has 0 bridgehead atoms. The summed E-state index contributed by atoms with van der Waals surface area (Å²) in [5, 5.41) is 33.3. The molecule has 6 nitrogen and oxygen atoms in total. The Morgan fingerprint density at radius 2 is 0.800 bits per heavy atom. The Balaban J connectivity index is 1.72. The van der Waals surface area contributed by atoms with E-state index < -0.39 is 0 Å². The molecule has 0 aliphatic heterocycles. The summed E-state index contributed by atoms with van der Waals surface area (Å²) in [6.45, 7) is 0. The Morgan fingerprint density at radius 3 is 1.24 bits per heavy atom. The van der Waals surface area contributed by atoms with E-state index in [1.807, 2.05) is 72.8 Å². The highest BCUT2D eigenvalue weighted by molar-refractivity contribution is 6.24. The van der Waals surface area contributed by atoms with Gasteiger partial charge < -0.3 is 13.4 Å². The summed E-state index contributed by atoms with van der Waals surface area (Å²) in [5.74, 6) is 0. The van der Waals surface area contributed by atoms with E-state index in [4.69, 9.17) is 0 Å². The van der Waals surface area contributed by atoms with Gasteiger partial charge in [0.2, 0.25) is 0 Å². The molecule has 9 aromatic rings. The summed E-state index contributed by atoms with van der Waals surface area (Å²) in [6, 6.07) is 47.4. The predicted molar refractivity (Wildman–Crippen MR) is 178 cm³/mol. The zero-order valence-electron chi connectivity index (χ0n) is 23.7. The third-order valence-electron chi connectivity index (χ3n) is 8.89. The third-order valence-corrected chi connectivity index (χ3v) is 8.89. The number of benzene rings is 6. The summed E-state index contributed by atoms with van der Waals surface area (Å²) in [7, 11) is 0. The van der Waals surface area contributed by atoms with Gasteiger partial charge in [0.25, 0.3) is 0 Å². The Kier molecular flexibility index (Phi) is 5.00. The quantitative estimate of drug-likeness (QED) is 0.197. The van der Waals surface area contributed by atoms with Gasteiger partial charge >= 0.3 is 0 Å². The van der Waals surface area contributed by atoms with E-state index >= 15 is 0 Å². The predicted octanol–water partition coefficient (Wildman–Crippen LogP) is 8.93. The topological polar surface area (TPSA) is 85.1 Å². The van der Waals surface area contributed by atoms with Gasteiger partial charge in [0, 0.05) is 27.2 Å². The molecule has 3 aromatic heterocycles. The third kappa shape index (κ3) is 3.30. The van der Waals surface area contributed by atoms with Crippen LogP contribution in [-0.4, -0.2) is 13.4 Å². The van der Waals surface area contributed by atoms with Crippen LogP contribution >= 0.6 is 0 Å². The average molecular weight is 573 g/mol. The zero-order valence-corrected chi connectivity index (χ0v) is 23.7. The van der Waals surface area contributed by atoms with Crippen molar-refractivity contribution >= 4 is 65.7 Å². The molecule has 45 heavy (non-hydrogen) atoms. The van der Waals surface area contributed by atoms with Crippen molar-refractivity contribution in [3.63, 3.8) is 0 Å². The molecule has 0 radical (unpaired) electrons. The van der Waals surface area contributed by atoms with Crippen LogP contribution in [0.5, 0.6) is 0 Å². The molecule has 9 rings (SSSR count). The molecule has 0 aliphatic carbocycles. The highest BCUT2D eigenvalue weighted by Crippen LogP contribution is 2.41. The van der Waals surface area contributed by atoms with Crippen LogP contribution in [0.2, 0.25) is 0 Å². The maximum absolute atomic E-state index is 9.84. The van der Waals surface area contributed by atoms with Crippen LogP contribution < -0.4 is 0 Å². The lowest BCUT2D eigenvalue weighted by Gasteiger charge is -2.14. The monoisotopic (exact) mass is 572 g/mol. The van der Waals surface area contributed by atoms with Gasteiger partial charge in [-0.1, -0.05) is 36.4 Å². The Morgan fingerprint density at radius 1 is 0.378 bits per heavy atom. The summed E-state index contributed by atoms with van der Waals surface area (Å²) in [4.78, 5) is 0. The van der Waals surface area contributed by atoms with Crippen molar-refractivity contribution in [1.29, 1.82) is 15.8 Å². The van der Waals surface area contributed by atoms with Crippen molar-refractivity contribution in [2.45, 2.75) is 0 Å². The van der Waals surface area contributed by atoms with Gasteiger partial charge in [-0.25, -0.2) is 0 Å². The summed E-state index contributed by atoms with van der Waals surface area (Å²) in [5.41, 5.74) is 10.6. The van der Waals surface area contributed by atoms with Crippen molar-refractivity contribution < 1.29 is 0 Å². The maximum atomic E-state index is 9.84. The Bertz CT molecular complexity index is 2720. The zero-order chi connectivity index (χ0) is 30.2. The molecular formula is C39H20N6. The lowest BCUT2D eigenvalue weighted by Crippen LogP contribution is -1.99. The molecule has 0 N–H and O–H groups in total. The minimum atomic E-state index is 0.592. The standard InChI is InChI=1S/C39H20N6/c40-21-24-9-13-27(14-10-24)43-34-5-1-3-7-36(34)44-32-17-11-25(22-41)19-30(32)28-15-16-29-31-20-26(23-42)12-18-33(31)45(39(29)38(28)44)37-8-4-2-6-35(37)43/h1-20H. The number of aromatic nitrogens is 3. The van der Waals surface area contributed by atoms with Gasteiger partial charge in [-0.05, 0) is 84.9 Å². The summed E-state index contributed by atoms with van der Waals surface area (Å²) >= 11 is 0. The van der Waals surface area contributed by atoms with E-state index in [1.54, 1.807) is 0 Å². The molecule has 0 amide bonds. The second-order valence-electron chi connectivity index (χ2n) is 11.2.